The van der Waals surface area contributed by atoms with Crippen LogP contribution in [0.15, 0.2) is 47.6 Å². The van der Waals surface area contributed by atoms with Crippen molar-refractivity contribution in [3.05, 3.63) is 53.7 Å². The Morgan fingerprint density at radius 3 is 2.33 bits per heavy atom. The van der Waals surface area contributed by atoms with Crippen molar-refractivity contribution >= 4 is 21.7 Å². The molecule has 2 aromatic rings. The Morgan fingerprint density at radius 2 is 1.86 bits per heavy atom. The van der Waals surface area contributed by atoms with E-state index < -0.39 is 16.0 Å². The Kier molecular flexibility index (Phi) is 3.86. The largest absolute Gasteiger partial charge is 0.478 e. The van der Waals surface area contributed by atoms with Gasteiger partial charge in [-0.05, 0) is 36.4 Å². The first-order valence-electron chi connectivity index (χ1n) is 5.65. The Balaban J connectivity index is 2.25. The normalized spacial score (nSPS) is 10.6. The van der Waals surface area contributed by atoms with Crippen LogP contribution in [0.25, 0.3) is 0 Å². The zero-order valence-corrected chi connectivity index (χ0v) is 11.3. The monoisotopic (exact) mass is 303 g/mol. The molecule has 2 rings (SSSR count). The van der Waals surface area contributed by atoms with Crippen molar-refractivity contribution in [1.29, 1.82) is 5.26 Å². The number of nitrogens with zero attached hydrogens (tertiary/aromatic N) is 2. The summed E-state index contributed by atoms with van der Waals surface area (Å²) in [6.07, 6.45) is 0.968. The molecule has 0 aliphatic carbocycles. The van der Waals surface area contributed by atoms with Crippen molar-refractivity contribution in [3.63, 3.8) is 0 Å². The number of carboxylic acids is 1. The van der Waals surface area contributed by atoms with E-state index in [0.717, 1.165) is 18.3 Å². The molecular weight excluding hydrogens is 294 g/mol. The predicted octanol–water partition coefficient (Wildman–Crippen LogP) is 1.45. The fourth-order valence-electron chi connectivity index (χ4n) is 1.49. The summed E-state index contributed by atoms with van der Waals surface area (Å²) in [5, 5.41) is 17.1. The highest BCUT2D eigenvalue weighted by Crippen LogP contribution is 2.15. The third-order valence-corrected chi connectivity index (χ3v) is 3.82. The van der Waals surface area contributed by atoms with Gasteiger partial charge in [0.1, 0.15) is 0 Å². The van der Waals surface area contributed by atoms with Gasteiger partial charge in [0.05, 0.1) is 17.2 Å². The first kappa shape index (κ1) is 14.5. The number of anilines is 1. The van der Waals surface area contributed by atoms with Crippen LogP contribution >= 0.6 is 0 Å². The maximum atomic E-state index is 12.1. The number of sulfonamides is 1. The van der Waals surface area contributed by atoms with Crippen LogP contribution in [0.2, 0.25) is 0 Å². The molecule has 2 N–H and O–H groups in total. The minimum atomic E-state index is -3.91. The van der Waals surface area contributed by atoms with Crippen LogP contribution in [0, 0.1) is 11.3 Å². The molecule has 1 aromatic heterocycles. The summed E-state index contributed by atoms with van der Waals surface area (Å²) >= 11 is 0. The number of aromatic nitrogens is 1. The van der Waals surface area contributed by atoms with E-state index in [1.165, 1.54) is 24.3 Å². The first-order chi connectivity index (χ1) is 9.92. The second-order valence-electron chi connectivity index (χ2n) is 3.98. The first-order valence-corrected chi connectivity index (χ1v) is 7.13. The summed E-state index contributed by atoms with van der Waals surface area (Å²) in [5.74, 6) is -1.19. The standard InChI is InChI=1S/C13H9N3O4S/c14-7-9-1-4-11(5-2-9)16-21(19,20)12-6-3-10(8-15-12)13(17)18/h1-6,8,16H,(H,17,18). The van der Waals surface area contributed by atoms with E-state index >= 15 is 0 Å². The van der Waals surface area contributed by atoms with Gasteiger partial charge in [-0.25, -0.2) is 9.78 Å². The fraction of sp³-hybridized carbons (Fsp3) is 0. The lowest BCUT2D eigenvalue weighted by atomic mass is 10.2. The van der Waals surface area contributed by atoms with E-state index in [0.29, 0.717) is 5.56 Å². The van der Waals surface area contributed by atoms with Crippen LogP contribution in [0.3, 0.4) is 0 Å². The molecule has 0 fully saturated rings. The summed E-state index contributed by atoms with van der Waals surface area (Å²) in [6.45, 7) is 0. The number of hydrogen-bond donors (Lipinski definition) is 2. The molecule has 0 saturated heterocycles. The van der Waals surface area contributed by atoms with Crippen molar-refractivity contribution in [2.75, 3.05) is 4.72 Å². The molecular formula is C13H9N3O4S. The molecule has 0 aliphatic heterocycles. The van der Waals surface area contributed by atoms with Crippen molar-refractivity contribution < 1.29 is 18.3 Å². The molecule has 8 heteroatoms. The quantitative estimate of drug-likeness (QED) is 0.882. The summed E-state index contributed by atoms with van der Waals surface area (Å²) in [5.41, 5.74) is 0.576. The maximum Gasteiger partial charge on any atom is 0.337 e. The van der Waals surface area contributed by atoms with E-state index in [1.807, 2.05) is 6.07 Å². The summed E-state index contributed by atoms with van der Waals surface area (Å²) in [7, 11) is -3.91. The molecule has 0 aliphatic rings. The Morgan fingerprint density at radius 1 is 1.19 bits per heavy atom. The number of carbonyl (C=O) groups is 1. The SMILES string of the molecule is N#Cc1ccc(NS(=O)(=O)c2ccc(C(=O)O)cn2)cc1. The molecule has 0 spiro atoms. The predicted molar refractivity (Wildman–Crippen MR) is 73.2 cm³/mol. The second-order valence-corrected chi connectivity index (χ2v) is 5.61. The number of aromatic carboxylic acids is 1. The average Bonchev–Trinajstić information content (AvgIpc) is 2.48. The maximum absolute atomic E-state index is 12.1. The van der Waals surface area contributed by atoms with Crippen molar-refractivity contribution in [2.24, 2.45) is 0 Å². The van der Waals surface area contributed by atoms with E-state index in [2.05, 4.69) is 9.71 Å². The molecule has 0 amide bonds. The molecule has 0 unspecified atom stereocenters. The van der Waals surface area contributed by atoms with Crippen LogP contribution in [0.1, 0.15) is 15.9 Å². The van der Waals surface area contributed by atoms with Gasteiger partial charge in [-0.3, -0.25) is 4.72 Å². The summed E-state index contributed by atoms with van der Waals surface area (Å²) in [6, 6.07) is 10.0. The van der Waals surface area contributed by atoms with Gasteiger partial charge in [-0.2, -0.15) is 13.7 Å². The number of carboxylic acid groups (broad SMARTS) is 1. The van der Waals surface area contributed by atoms with E-state index in [1.54, 1.807) is 0 Å². The van der Waals surface area contributed by atoms with Gasteiger partial charge in [-0.1, -0.05) is 0 Å². The molecule has 7 nitrogen and oxygen atoms in total. The highest BCUT2D eigenvalue weighted by Gasteiger charge is 2.16. The second kappa shape index (κ2) is 5.60. The topological polar surface area (TPSA) is 120 Å². The van der Waals surface area contributed by atoms with Crippen molar-refractivity contribution in [2.45, 2.75) is 5.03 Å². The smallest absolute Gasteiger partial charge is 0.337 e. The Bertz CT molecular complexity index is 806. The van der Waals surface area contributed by atoms with E-state index in [4.69, 9.17) is 10.4 Å². The molecule has 1 heterocycles. The summed E-state index contributed by atoms with van der Waals surface area (Å²) < 4.78 is 26.4. The summed E-state index contributed by atoms with van der Waals surface area (Å²) in [4.78, 5) is 14.3. The van der Waals surface area contributed by atoms with Gasteiger partial charge in [0.15, 0.2) is 5.03 Å². The third kappa shape index (κ3) is 3.34. The number of rotatable bonds is 4. The molecule has 21 heavy (non-hydrogen) atoms. The minimum Gasteiger partial charge on any atom is -0.478 e. The van der Waals surface area contributed by atoms with Crippen molar-refractivity contribution in [3.8, 4) is 6.07 Å². The molecule has 0 saturated carbocycles. The van der Waals surface area contributed by atoms with Gasteiger partial charge in [-0.15, -0.1) is 0 Å². The van der Waals surface area contributed by atoms with Crippen LogP contribution in [0.4, 0.5) is 5.69 Å². The number of nitrogens with one attached hydrogen (secondary N) is 1. The Hall–Kier alpha value is -2.92. The molecule has 0 bridgehead atoms. The van der Waals surface area contributed by atoms with Crippen LogP contribution in [0.5, 0.6) is 0 Å². The van der Waals surface area contributed by atoms with Crippen molar-refractivity contribution in [1.82, 2.24) is 4.98 Å². The number of hydrogen-bond acceptors (Lipinski definition) is 5. The van der Waals surface area contributed by atoms with Crippen LogP contribution in [-0.4, -0.2) is 24.5 Å². The van der Waals surface area contributed by atoms with Gasteiger partial charge < -0.3 is 5.11 Å². The van der Waals surface area contributed by atoms with Gasteiger partial charge in [0.25, 0.3) is 10.0 Å². The zero-order chi connectivity index (χ0) is 15.5. The third-order valence-electron chi connectivity index (χ3n) is 2.52. The highest BCUT2D eigenvalue weighted by molar-refractivity contribution is 7.92. The lowest BCUT2D eigenvalue weighted by Gasteiger charge is -2.07. The van der Waals surface area contributed by atoms with E-state index in [-0.39, 0.29) is 16.3 Å². The average molecular weight is 303 g/mol. The molecule has 1 aromatic carbocycles. The zero-order valence-electron chi connectivity index (χ0n) is 10.5. The van der Waals surface area contributed by atoms with Crippen LogP contribution < -0.4 is 4.72 Å². The van der Waals surface area contributed by atoms with E-state index in [9.17, 15) is 13.2 Å². The molecule has 0 radical (unpaired) electrons. The Labute approximate surface area is 120 Å². The lowest BCUT2D eigenvalue weighted by molar-refractivity contribution is 0.0696. The minimum absolute atomic E-state index is 0.104. The van der Waals surface area contributed by atoms with Gasteiger partial charge in [0.2, 0.25) is 0 Å². The van der Waals surface area contributed by atoms with Gasteiger partial charge >= 0.3 is 5.97 Å². The highest BCUT2D eigenvalue weighted by atomic mass is 32.2. The number of pyridine rings is 1. The van der Waals surface area contributed by atoms with Gasteiger partial charge in [0, 0.05) is 11.9 Å². The molecule has 0 atom stereocenters. The number of nitriles is 1. The number of benzene rings is 1. The lowest BCUT2D eigenvalue weighted by Crippen LogP contribution is -2.14. The fourth-order valence-corrected chi connectivity index (χ4v) is 2.48. The molecule has 106 valence electrons. The van der Waals surface area contributed by atoms with Crippen LogP contribution in [-0.2, 0) is 10.0 Å².